The van der Waals surface area contributed by atoms with Gasteiger partial charge in [-0.25, -0.2) is 0 Å². The maximum absolute atomic E-state index is 11.5. The zero-order valence-electron chi connectivity index (χ0n) is 15.4. The number of carbonyl (C=O) groups is 1. The number of likely N-dealkylation sites (tertiary alicyclic amines) is 2. The second-order valence-electron chi connectivity index (χ2n) is 9.02. The van der Waals surface area contributed by atoms with Gasteiger partial charge in [0.2, 0.25) is 5.91 Å². The zero-order chi connectivity index (χ0) is 17.9. The van der Waals surface area contributed by atoms with Crippen LogP contribution in [-0.4, -0.2) is 59.6 Å². The third-order valence-corrected chi connectivity index (χ3v) is 7.45. The molecule has 1 aromatic rings. The van der Waals surface area contributed by atoms with Gasteiger partial charge in [-0.2, -0.15) is 0 Å². The molecular formula is C21H29N3O2. The third kappa shape index (κ3) is 2.64. The molecule has 0 radical (unpaired) electrons. The number of primary amides is 1. The van der Waals surface area contributed by atoms with E-state index in [0.717, 1.165) is 31.8 Å². The lowest BCUT2D eigenvalue weighted by Gasteiger charge is -2.60. The highest BCUT2D eigenvalue weighted by molar-refractivity contribution is 5.76. The maximum atomic E-state index is 11.5. The summed E-state index contributed by atoms with van der Waals surface area (Å²) in [5, 5.41) is 10.1. The van der Waals surface area contributed by atoms with Crippen LogP contribution in [-0.2, 0) is 16.6 Å². The van der Waals surface area contributed by atoms with Gasteiger partial charge in [0, 0.05) is 24.5 Å². The first kappa shape index (κ1) is 16.6. The van der Waals surface area contributed by atoms with Crippen LogP contribution >= 0.6 is 0 Å². The van der Waals surface area contributed by atoms with Crippen LogP contribution in [0.4, 0.5) is 0 Å². The summed E-state index contributed by atoms with van der Waals surface area (Å²) < 4.78 is 0. The number of phenols is 1. The summed E-state index contributed by atoms with van der Waals surface area (Å²) in [6, 6.07) is 6.57. The number of phenolic OH excluding ortho intramolecular Hbond substituents is 1. The summed E-state index contributed by atoms with van der Waals surface area (Å²) in [7, 11) is 0. The molecule has 1 saturated carbocycles. The van der Waals surface area contributed by atoms with E-state index in [4.69, 9.17) is 5.73 Å². The maximum Gasteiger partial charge on any atom is 0.231 e. The van der Waals surface area contributed by atoms with E-state index >= 15 is 0 Å². The monoisotopic (exact) mass is 355 g/mol. The van der Waals surface area contributed by atoms with Crippen LogP contribution < -0.4 is 5.73 Å². The fourth-order valence-electron chi connectivity index (χ4n) is 6.05. The molecule has 2 bridgehead atoms. The van der Waals surface area contributed by atoms with Gasteiger partial charge in [-0.1, -0.05) is 6.07 Å². The first-order valence-electron chi connectivity index (χ1n) is 10.1. The number of benzene rings is 1. The van der Waals surface area contributed by atoms with Crippen LogP contribution in [0.5, 0.6) is 5.75 Å². The van der Waals surface area contributed by atoms with Crippen molar-refractivity contribution in [3.63, 3.8) is 0 Å². The number of fused-ring (bicyclic) bond motifs is 1. The summed E-state index contributed by atoms with van der Waals surface area (Å²) in [5.74, 6) is 1.58. The first-order chi connectivity index (χ1) is 12.5. The van der Waals surface area contributed by atoms with Crippen molar-refractivity contribution in [2.75, 3.05) is 32.7 Å². The minimum Gasteiger partial charge on any atom is -0.508 e. The Morgan fingerprint density at radius 2 is 2.08 bits per heavy atom. The topological polar surface area (TPSA) is 69.8 Å². The molecule has 1 unspecified atom stereocenters. The van der Waals surface area contributed by atoms with Crippen LogP contribution in [0.1, 0.15) is 36.8 Å². The molecule has 3 N–H and O–H groups in total. The van der Waals surface area contributed by atoms with E-state index in [-0.39, 0.29) is 11.3 Å². The molecule has 0 aromatic heterocycles. The molecule has 26 heavy (non-hydrogen) atoms. The molecule has 2 aliphatic heterocycles. The molecule has 0 spiro atoms. The van der Waals surface area contributed by atoms with E-state index < -0.39 is 0 Å². The molecule has 2 heterocycles. The fraction of sp³-hybridized carbons (Fsp3) is 0.667. The number of amides is 1. The molecule has 5 heteroatoms. The van der Waals surface area contributed by atoms with Crippen LogP contribution in [0.25, 0.3) is 0 Å². The molecule has 5 rings (SSSR count). The van der Waals surface area contributed by atoms with Crippen LogP contribution in [0.15, 0.2) is 18.2 Å². The minimum absolute atomic E-state index is 0.158. The molecule has 1 amide bonds. The Morgan fingerprint density at radius 3 is 2.85 bits per heavy atom. The number of nitrogens with zero attached hydrogens (tertiary/aromatic N) is 2. The summed E-state index contributed by atoms with van der Waals surface area (Å²) in [6.07, 6.45) is 6.07. The van der Waals surface area contributed by atoms with Gasteiger partial charge in [0.15, 0.2) is 0 Å². The van der Waals surface area contributed by atoms with Gasteiger partial charge in [0.1, 0.15) is 5.75 Å². The van der Waals surface area contributed by atoms with Crippen molar-refractivity contribution < 1.29 is 9.90 Å². The fourth-order valence-corrected chi connectivity index (χ4v) is 6.05. The molecular weight excluding hydrogens is 326 g/mol. The lowest BCUT2D eigenvalue weighted by Crippen LogP contribution is -2.66. The number of piperidine rings is 2. The minimum atomic E-state index is -0.227. The Balaban J connectivity index is 1.52. The number of nitrogens with two attached hydrogens (primary N) is 1. The molecule has 3 atom stereocenters. The summed E-state index contributed by atoms with van der Waals surface area (Å²) >= 11 is 0. The number of hydrogen-bond donors (Lipinski definition) is 2. The number of rotatable bonds is 4. The predicted octanol–water partition coefficient (Wildman–Crippen LogP) is 1.48. The number of carbonyl (C=O) groups excluding carboxylic acids is 1. The average Bonchev–Trinajstić information content (AvgIpc) is 3.41. The molecule has 140 valence electrons. The normalized spacial score (nSPS) is 34.2. The van der Waals surface area contributed by atoms with Crippen molar-refractivity contribution in [2.24, 2.45) is 17.6 Å². The summed E-state index contributed by atoms with van der Waals surface area (Å²) in [5.41, 5.74) is 8.44. The quantitative estimate of drug-likeness (QED) is 0.858. The Labute approximate surface area is 155 Å². The van der Waals surface area contributed by atoms with Gasteiger partial charge in [-0.05, 0) is 80.3 Å². The number of hydrogen-bond acceptors (Lipinski definition) is 4. The van der Waals surface area contributed by atoms with Crippen LogP contribution in [0, 0.1) is 11.8 Å². The van der Waals surface area contributed by atoms with Gasteiger partial charge >= 0.3 is 0 Å². The van der Waals surface area contributed by atoms with Gasteiger partial charge in [-0.3, -0.25) is 14.6 Å². The van der Waals surface area contributed by atoms with Gasteiger partial charge in [0.25, 0.3) is 0 Å². The van der Waals surface area contributed by atoms with Crippen molar-refractivity contribution in [2.45, 2.75) is 43.6 Å². The SMILES string of the molecule is NC(=O)CN1CCC23CCN(CC4CC4)[C@H](Cc4ccc(O)cc42)[C@@H]3C1. The van der Waals surface area contributed by atoms with E-state index in [1.807, 2.05) is 12.1 Å². The largest absolute Gasteiger partial charge is 0.508 e. The molecule has 1 aromatic carbocycles. The second-order valence-corrected chi connectivity index (χ2v) is 9.02. The molecule has 2 saturated heterocycles. The van der Waals surface area contributed by atoms with Gasteiger partial charge in [-0.15, -0.1) is 0 Å². The van der Waals surface area contributed by atoms with Crippen LogP contribution in [0.2, 0.25) is 0 Å². The van der Waals surface area contributed by atoms with Crippen molar-refractivity contribution >= 4 is 5.91 Å². The average molecular weight is 355 g/mol. The smallest absolute Gasteiger partial charge is 0.231 e. The first-order valence-corrected chi connectivity index (χ1v) is 10.1. The van der Waals surface area contributed by atoms with Crippen molar-refractivity contribution in [3.8, 4) is 5.75 Å². The Bertz CT molecular complexity index is 732. The van der Waals surface area contributed by atoms with E-state index in [2.05, 4.69) is 15.9 Å². The van der Waals surface area contributed by atoms with Crippen LogP contribution in [0.3, 0.4) is 0 Å². The van der Waals surface area contributed by atoms with Gasteiger partial charge < -0.3 is 10.8 Å². The van der Waals surface area contributed by atoms with E-state index in [9.17, 15) is 9.90 Å². The Hall–Kier alpha value is -1.59. The highest BCUT2D eigenvalue weighted by atomic mass is 16.3. The van der Waals surface area contributed by atoms with Crippen molar-refractivity contribution in [3.05, 3.63) is 29.3 Å². The molecule has 3 fully saturated rings. The Morgan fingerprint density at radius 1 is 1.27 bits per heavy atom. The van der Waals surface area contributed by atoms with E-state index in [1.54, 1.807) is 0 Å². The highest BCUT2D eigenvalue weighted by Crippen LogP contribution is 2.54. The standard InChI is InChI=1S/C21H29N3O2/c22-20(26)13-23-7-5-21-6-8-24(11-14-1-2-14)19(18(21)12-23)9-15-3-4-16(25)10-17(15)21/h3-4,10,14,18-19,25H,1-2,5-9,11-13H2,(H2,22,26)/t18-,19+,21?/m0/s1. The zero-order valence-corrected chi connectivity index (χ0v) is 15.4. The van der Waals surface area contributed by atoms with Gasteiger partial charge in [0.05, 0.1) is 6.54 Å². The van der Waals surface area contributed by atoms with Crippen molar-refractivity contribution in [1.82, 2.24) is 9.80 Å². The highest BCUT2D eigenvalue weighted by Gasteiger charge is 2.55. The summed E-state index contributed by atoms with van der Waals surface area (Å²) in [4.78, 5) is 16.5. The summed E-state index contributed by atoms with van der Waals surface area (Å²) in [6.45, 7) is 4.64. The lowest BCUT2D eigenvalue weighted by molar-refractivity contribution is -0.121. The van der Waals surface area contributed by atoms with E-state index in [0.29, 0.717) is 24.3 Å². The number of aromatic hydroxyl groups is 1. The molecule has 2 aliphatic carbocycles. The predicted molar refractivity (Wildman–Crippen MR) is 99.9 cm³/mol. The lowest BCUT2D eigenvalue weighted by atomic mass is 9.54. The Kier molecular flexibility index (Phi) is 3.80. The van der Waals surface area contributed by atoms with Crippen molar-refractivity contribution in [1.29, 1.82) is 0 Å². The van der Waals surface area contributed by atoms with E-state index in [1.165, 1.54) is 43.5 Å². The third-order valence-electron chi connectivity index (χ3n) is 7.45. The molecule has 4 aliphatic rings. The second kappa shape index (κ2) is 5.96. The molecule has 5 nitrogen and oxygen atoms in total.